The van der Waals surface area contributed by atoms with Gasteiger partial charge in [0.15, 0.2) is 5.82 Å². The molecule has 1 aliphatic heterocycles. The van der Waals surface area contributed by atoms with E-state index in [9.17, 15) is 4.79 Å². The van der Waals surface area contributed by atoms with Gasteiger partial charge < -0.3 is 10.2 Å². The molecule has 1 aliphatic rings. The van der Waals surface area contributed by atoms with Crippen molar-refractivity contribution in [2.24, 2.45) is 0 Å². The highest BCUT2D eigenvalue weighted by atomic mass is 16.2. The number of likely N-dealkylation sites (tertiary alicyclic amines) is 1. The van der Waals surface area contributed by atoms with Gasteiger partial charge in [-0.15, -0.1) is 0 Å². The van der Waals surface area contributed by atoms with Gasteiger partial charge in [0, 0.05) is 55.3 Å². The van der Waals surface area contributed by atoms with Crippen LogP contribution in [0.1, 0.15) is 24.5 Å². The van der Waals surface area contributed by atoms with Crippen LogP contribution in [0, 0.1) is 0 Å². The Balaban J connectivity index is 1.45. The minimum atomic E-state index is -0.00518. The third-order valence-electron chi connectivity index (χ3n) is 5.01. The Morgan fingerprint density at radius 3 is 2.48 bits per heavy atom. The maximum absolute atomic E-state index is 11.7. The molecule has 27 heavy (non-hydrogen) atoms. The topological polar surface area (TPSA) is 86.8 Å². The first-order valence-electron chi connectivity index (χ1n) is 9.14. The molecule has 2 aromatic heterocycles. The second-order valence-electron chi connectivity index (χ2n) is 6.69. The van der Waals surface area contributed by atoms with E-state index in [1.165, 1.54) is 0 Å². The number of aromatic amines is 1. The molecule has 0 aliphatic carbocycles. The standard InChI is InChI=1S/C20H22N6O/c1-21-20(27)26-9-7-14(8-10-26)17-11-18(25-24-17)16-12-22-19(23-13-16)15-5-3-2-4-6-15/h2-6,11-14H,7-10H2,1H3,(H,21,27)(H,24,25). The summed E-state index contributed by atoms with van der Waals surface area (Å²) >= 11 is 0. The van der Waals surface area contributed by atoms with E-state index < -0.39 is 0 Å². The number of hydrogen-bond acceptors (Lipinski definition) is 4. The van der Waals surface area contributed by atoms with Crippen LogP contribution in [-0.2, 0) is 0 Å². The number of urea groups is 1. The van der Waals surface area contributed by atoms with Crippen LogP contribution in [-0.4, -0.2) is 51.2 Å². The van der Waals surface area contributed by atoms with Crippen LogP contribution in [0.5, 0.6) is 0 Å². The predicted octanol–water partition coefficient (Wildman–Crippen LogP) is 3.05. The molecule has 3 heterocycles. The van der Waals surface area contributed by atoms with Crippen molar-refractivity contribution in [2.45, 2.75) is 18.8 Å². The summed E-state index contributed by atoms with van der Waals surface area (Å²) in [5.41, 5.74) is 3.83. The van der Waals surface area contributed by atoms with Crippen LogP contribution in [0.4, 0.5) is 4.79 Å². The van der Waals surface area contributed by atoms with E-state index in [0.29, 0.717) is 11.7 Å². The molecule has 0 unspecified atom stereocenters. The van der Waals surface area contributed by atoms with E-state index in [4.69, 9.17) is 0 Å². The summed E-state index contributed by atoms with van der Waals surface area (Å²) in [4.78, 5) is 22.5. The zero-order valence-corrected chi connectivity index (χ0v) is 15.2. The number of nitrogens with zero attached hydrogens (tertiary/aromatic N) is 4. The fourth-order valence-electron chi connectivity index (χ4n) is 3.44. The van der Waals surface area contributed by atoms with Gasteiger partial charge in [0.2, 0.25) is 0 Å². The molecule has 0 atom stereocenters. The number of carbonyl (C=O) groups is 1. The molecule has 0 bridgehead atoms. The predicted molar refractivity (Wildman–Crippen MR) is 103 cm³/mol. The first-order chi connectivity index (χ1) is 13.2. The van der Waals surface area contributed by atoms with Crippen molar-refractivity contribution < 1.29 is 4.79 Å². The van der Waals surface area contributed by atoms with Gasteiger partial charge in [-0.25, -0.2) is 14.8 Å². The Hall–Kier alpha value is -3.22. The molecular weight excluding hydrogens is 340 g/mol. The fraction of sp³-hybridized carbons (Fsp3) is 0.300. The van der Waals surface area contributed by atoms with Gasteiger partial charge in [0.1, 0.15) is 0 Å². The molecule has 0 radical (unpaired) electrons. The molecule has 3 aromatic rings. The SMILES string of the molecule is CNC(=O)N1CCC(c2cc(-c3cnc(-c4ccccc4)nc3)n[nH]2)CC1. The maximum atomic E-state index is 11.7. The normalized spacial score (nSPS) is 14.9. The lowest BCUT2D eigenvalue weighted by molar-refractivity contribution is 0.183. The van der Waals surface area contributed by atoms with Gasteiger partial charge in [0.25, 0.3) is 0 Å². The molecule has 1 saturated heterocycles. The minimum absolute atomic E-state index is 0.00518. The van der Waals surface area contributed by atoms with E-state index in [2.05, 4.69) is 31.5 Å². The quantitative estimate of drug-likeness (QED) is 0.750. The zero-order chi connectivity index (χ0) is 18.6. The van der Waals surface area contributed by atoms with Crippen LogP contribution >= 0.6 is 0 Å². The number of piperidine rings is 1. The highest BCUT2D eigenvalue weighted by Gasteiger charge is 2.24. The molecule has 7 nitrogen and oxygen atoms in total. The number of rotatable bonds is 3. The lowest BCUT2D eigenvalue weighted by atomic mass is 9.93. The van der Waals surface area contributed by atoms with Crippen molar-refractivity contribution in [1.82, 2.24) is 30.4 Å². The van der Waals surface area contributed by atoms with Crippen LogP contribution in [0.15, 0.2) is 48.8 Å². The number of hydrogen-bond donors (Lipinski definition) is 2. The van der Waals surface area contributed by atoms with Crippen molar-refractivity contribution >= 4 is 6.03 Å². The third-order valence-corrected chi connectivity index (χ3v) is 5.01. The van der Waals surface area contributed by atoms with Gasteiger partial charge in [-0.05, 0) is 18.9 Å². The third kappa shape index (κ3) is 3.67. The van der Waals surface area contributed by atoms with Gasteiger partial charge in [-0.3, -0.25) is 5.10 Å². The summed E-state index contributed by atoms with van der Waals surface area (Å²) in [5, 5.41) is 10.3. The van der Waals surface area contributed by atoms with Crippen molar-refractivity contribution in [1.29, 1.82) is 0 Å². The lowest BCUT2D eigenvalue weighted by Crippen LogP contribution is -2.42. The molecule has 2 amide bonds. The Kier molecular flexibility index (Phi) is 4.82. The molecule has 0 spiro atoms. The smallest absolute Gasteiger partial charge is 0.317 e. The van der Waals surface area contributed by atoms with Crippen LogP contribution < -0.4 is 5.32 Å². The minimum Gasteiger partial charge on any atom is -0.341 e. The first kappa shape index (κ1) is 17.2. The number of H-pyrrole nitrogens is 1. The van der Waals surface area contributed by atoms with Crippen LogP contribution in [0.3, 0.4) is 0 Å². The molecule has 1 fully saturated rings. The lowest BCUT2D eigenvalue weighted by Gasteiger charge is -2.31. The second-order valence-corrected chi connectivity index (χ2v) is 6.69. The number of aromatic nitrogens is 4. The summed E-state index contributed by atoms with van der Waals surface area (Å²) in [6.07, 6.45) is 5.48. The Bertz CT molecular complexity index is 898. The van der Waals surface area contributed by atoms with Crippen molar-refractivity contribution in [3.05, 3.63) is 54.5 Å². The molecule has 2 N–H and O–H groups in total. The largest absolute Gasteiger partial charge is 0.341 e. The van der Waals surface area contributed by atoms with Gasteiger partial charge in [0.05, 0.1) is 5.69 Å². The molecule has 1 aromatic carbocycles. The maximum Gasteiger partial charge on any atom is 0.317 e. The van der Waals surface area contributed by atoms with Gasteiger partial charge >= 0.3 is 6.03 Å². The van der Waals surface area contributed by atoms with Crippen LogP contribution in [0.2, 0.25) is 0 Å². The number of benzene rings is 1. The average molecular weight is 362 g/mol. The first-order valence-corrected chi connectivity index (χ1v) is 9.14. The van der Waals surface area contributed by atoms with Crippen molar-refractivity contribution in [3.8, 4) is 22.6 Å². The van der Waals surface area contributed by atoms with E-state index >= 15 is 0 Å². The van der Waals surface area contributed by atoms with Gasteiger partial charge in [-0.2, -0.15) is 5.10 Å². The Morgan fingerprint density at radius 2 is 1.81 bits per heavy atom. The summed E-state index contributed by atoms with van der Waals surface area (Å²) in [6.45, 7) is 1.52. The monoisotopic (exact) mass is 362 g/mol. The van der Waals surface area contributed by atoms with E-state index in [0.717, 1.165) is 48.4 Å². The summed E-state index contributed by atoms with van der Waals surface area (Å²) in [5.74, 6) is 1.09. The second kappa shape index (κ2) is 7.57. The number of nitrogens with one attached hydrogen (secondary N) is 2. The summed E-state index contributed by atoms with van der Waals surface area (Å²) in [6, 6.07) is 12.0. The van der Waals surface area contributed by atoms with Gasteiger partial charge in [-0.1, -0.05) is 30.3 Å². The Morgan fingerprint density at radius 1 is 1.11 bits per heavy atom. The van der Waals surface area contributed by atoms with Crippen molar-refractivity contribution in [3.63, 3.8) is 0 Å². The zero-order valence-electron chi connectivity index (χ0n) is 15.2. The highest BCUT2D eigenvalue weighted by molar-refractivity contribution is 5.73. The molecule has 138 valence electrons. The fourth-order valence-corrected chi connectivity index (χ4v) is 3.44. The molecule has 4 rings (SSSR count). The van der Waals surface area contributed by atoms with E-state index in [1.54, 1.807) is 7.05 Å². The Labute approximate surface area is 157 Å². The number of carbonyl (C=O) groups excluding carboxylic acids is 1. The average Bonchev–Trinajstić information content (AvgIpc) is 3.24. The van der Waals surface area contributed by atoms with E-state index in [-0.39, 0.29) is 6.03 Å². The highest BCUT2D eigenvalue weighted by Crippen LogP contribution is 2.29. The summed E-state index contributed by atoms with van der Waals surface area (Å²) in [7, 11) is 1.67. The molecule has 7 heteroatoms. The summed E-state index contributed by atoms with van der Waals surface area (Å²) < 4.78 is 0. The van der Waals surface area contributed by atoms with Crippen molar-refractivity contribution in [2.75, 3.05) is 20.1 Å². The van der Waals surface area contributed by atoms with Crippen LogP contribution in [0.25, 0.3) is 22.6 Å². The molecular formula is C20H22N6O. The molecule has 0 saturated carbocycles. The van der Waals surface area contributed by atoms with E-state index in [1.807, 2.05) is 47.6 Å². The number of amides is 2.